The van der Waals surface area contributed by atoms with E-state index < -0.39 is 0 Å². The minimum atomic E-state index is -0.140. The van der Waals surface area contributed by atoms with Crippen LogP contribution in [0.1, 0.15) is 18.4 Å². The first-order valence-corrected chi connectivity index (χ1v) is 5.10. The molecule has 3 N–H and O–H groups in total. The van der Waals surface area contributed by atoms with Gasteiger partial charge >= 0.3 is 0 Å². The third kappa shape index (κ3) is 2.47. The van der Waals surface area contributed by atoms with Gasteiger partial charge in [-0.25, -0.2) is 4.98 Å². The standard InChI is InChI=1S/C10H13N5O/c1-2-8-13-9(5-10(16)14-8)11-6-7-3-4-12-15-7/h3-5H,2,6H2,1H3,(H,12,15)(H2,11,13,14,16). The SMILES string of the molecule is CCc1nc(NCc2ccn[nH]2)cc(=O)[nH]1. The molecule has 84 valence electrons. The number of hydrogen-bond donors (Lipinski definition) is 3. The molecule has 0 aliphatic heterocycles. The lowest BCUT2D eigenvalue weighted by atomic mass is 10.4. The third-order valence-electron chi connectivity index (χ3n) is 2.14. The summed E-state index contributed by atoms with van der Waals surface area (Å²) >= 11 is 0. The predicted molar refractivity (Wildman–Crippen MR) is 60.2 cm³/mol. The lowest BCUT2D eigenvalue weighted by molar-refractivity contribution is 0.907. The van der Waals surface area contributed by atoms with Crippen LogP contribution < -0.4 is 10.9 Å². The number of rotatable bonds is 4. The van der Waals surface area contributed by atoms with Gasteiger partial charge in [0.25, 0.3) is 5.56 Å². The Labute approximate surface area is 92.1 Å². The van der Waals surface area contributed by atoms with Gasteiger partial charge < -0.3 is 10.3 Å². The molecule has 0 bridgehead atoms. The first-order chi connectivity index (χ1) is 7.78. The average Bonchev–Trinajstić information content (AvgIpc) is 2.78. The molecule has 2 aromatic heterocycles. The molecule has 0 spiro atoms. The quantitative estimate of drug-likeness (QED) is 0.705. The van der Waals surface area contributed by atoms with Gasteiger partial charge in [0, 0.05) is 18.7 Å². The van der Waals surface area contributed by atoms with Crippen LogP contribution in [0.15, 0.2) is 23.1 Å². The zero-order chi connectivity index (χ0) is 11.4. The zero-order valence-corrected chi connectivity index (χ0v) is 8.95. The molecule has 2 rings (SSSR count). The van der Waals surface area contributed by atoms with Crippen molar-refractivity contribution >= 4 is 5.82 Å². The average molecular weight is 219 g/mol. The summed E-state index contributed by atoms with van der Waals surface area (Å²) in [6, 6.07) is 3.30. The molecular formula is C10H13N5O. The molecule has 6 nitrogen and oxygen atoms in total. The molecule has 6 heteroatoms. The van der Waals surface area contributed by atoms with Crippen molar-refractivity contribution in [1.82, 2.24) is 20.2 Å². The van der Waals surface area contributed by atoms with Crippen molar-refractivity contribution in [2.45, 2.75) is 19.9 Å². The first kappa shape index (κ1) is 10.4. The van der Waals surface area contributed by atoms with Crippen molar-refractivity contribution < 1.29 is 0 Å². The molecule has 0 aromatic carbocycles. The van der Waals surface area contributed by atoms with Crippen LogP contribution in [0, 0.1) is 0 Å². The number of nitrogens with zero attached hydrogens (tertiary/aromatic N) is 2. The Bertz CT molecular complexity index is 502. The van der Waals surface area contributed by atoms with Crippen LogP contribution in [0.25, 0.3) is 0 Å². The highest BCUT2D eigenvalue weighted by Crippen LogP contribution is 2.02. The molecule has 0 fully saturated rings. The highest BCUT2D eigenvalue weighted by atomic mass is 16.1. The van der Waals surface area contributed by atoms with Crippen LogP contribution in [0.4, 0.5) is 5.82 Å². The van der Waals surface area contributed by atoms with Gasteiger partial charge in [-0.2, -0.15) is 5.10 Å². The number of anilines is 1. The van der Waals surface area contributed by atoms with E-state index in [-0.39, 0.29) is 5.56 Å². The number of nitrogens with one attached hydrogen (secondary N) is 3. The van der Waals surface area contributed by atoms with Crippen molar-refractivity contribution in [1.29, 1.82) is 0 Å². The maximum Gasteiger partial charge on any atom is 0.252 e. The van der Waals surface area contributed by atoms with Gasteiger partial charge in [-0.05, 0) is 6.07 Å². The van der Waals surface area contributed by atoms with Gasteiger partial charge in [-0.1, -0.05) is 6.92 Å². The summed E-state index contributed by atoms with van der Waals surface area (Å²) < 4.78 is 0. The molecule has 0 aliphatic carbocycles. The van der Waals surface area contributed by atoms with Crippen molar-refractivity contribution in [3.8, 4) is 0 Å². The second-order valence-corrected chi connectivity index (χ2v) is 3.37. The lowest BCUT2D eigenvalue weighted by Crippen LogP contribution is -2.13. The number of aryl methyl sites for hydroxylation is 1. The summed E-state index contributed by atoms with van der Waals surface area (Å²) in [5.41, 5.74) is 0.805. The molecular weight excluding hydrogens is 206 g/mol. The first-order valence-electron chi connectivity index (χ1n) is 5.10. The molecule has 0 saturated heterocycles. The molecule has 0 amide bonds. The lowest BCUT2D eigenvalue weighted by Gasteiger charge is -2.04. The Morgan fingerprint density at radius 3 is 3.06 bits per heavy atom. The fourth-order valence-corrected chi connectivity index (χ4v) is 1.34. The van der Waals surface area contributed by atoms with Crippen molar-refractivity contribution in [3.63, 3.8) is 0 Å². The Balaban J connectivity index is 2.09. The molecule has 0 aliphatic rings. The number of hydrogen-bond acceptors (Lipinski definition) is 4. The van der Waals surface area contributed by atoms with Crippen molar-refractivity contribution in [2.24, 2.45) is 0 Å². The maximum absolute atomic E-state index is 11.3. The summed E-state index contributed by atoms with van der Waals surface area (Å²) in [4.78, 5) is 18.2. The highest BCUT2D eigenvalue weighted by molar-refractivity contribution is 5.33. The molecule has 0 saturated carbocycles. The summed E-state index contributed by atoms with van der Waals surface area (Å²) in [7, 11) is 0. The van der Waals surface area contributed by atoms with Gasteiger partial charge in [-0.3, -0.25) is 9.89 Å². The molecule has 0 unspecified atom stereocenters. The van der Waals surface area contributed by atoms with Gasteiger partial charge in [0.2, 0.25) is 0 Å². The van der Waals surface area contributed by atoms with Crippen LogP contribution in [-0.2, 0) is 13.0 Å². The van der Waals surface area contributed by atoms with Crippen LogP contribution in [0.5, 0.6) is 0 Å². The summed E-state index contributed by atoms with van der Waals surface area (Å²) in [6.07, 6.45) is 2.38. The van der Waals surface area contributed by atoms with Crippen molar-refractivity contribution in [2.75, 3.05) is 5.32 Å². The molecule has 0 atom stereocenters. The van der Waals surface area contributed by atoms with E-state index in [1.807, 2.05) is 13.0 Å². The van der Waals surface area contributed by atoms with E-state index in [2.05, 4.69) is 25.5 Å². The monoisotopic (exact) mass is 219 g/mol. The van der Waals surface area contributed by atoms with E-state index in [0.717, 1.165) is 5.69 Å². The minimum Gasteiger partial charge on any atom is -0.364 e. The van der Waals surface area contributed by atoms with Crippen LogP contribution in [0.3, 0.4) is 0 Å². The van der Waals surface area contributed by atoms with E-state index in [1.54, 1.807) is 6.20 Å². The summed E-state index contributed by atoms with van der Waals surface area (Å²) in [6.45, 7) is 2.51. The third-order valence-corrected chi connectivity index (χ3v) is 2.14. The molecule has 2 aromatic rings. The van der Waals surface area contributed by atoms with E-state index in [1.165, 1.54) is 6.07 Å². The van der Waals surface area contributed by atoms with E-state index >= 15 is 0 Å². The summed E-state index contributed by atoms with van der Waals surface area (Å²) in [5.74, 6) is 1.26. The van der Waals surface area contributed by atoms with Gasteiger partial charge in [0.05, 0.1) is 12.2 Å². The topological polar surface area (TPSA) is 86.5 Å². The second kappa shape index (κ2) is 4.61. The van der Waals surface area contributed by atoms with Crippen LogP contribution in [0.2, 0.25) is 0 Å². The molecule has 2 heterocycles. The Kier molecular flexibility index (Phi) is 3.00. The largest absolute Gasteiger partial charge is 0.364 e. The second-order valence-electron chi connectivity index (χ2n) is 3.37. The van der Waals surface area contributed by atoms with Gasteiger partial charge in [0.15, 0.2) is 0 Å². The number of H-pyrrole nitrogens is 2. The number of aromatic nitrogens is 4. The Hall–Kier alpha value is -2.11. The van der Waals surface area contributed by atoms with Crippen LogP contribution >= 0.6 is 0 Å². The smallest absolute Gasteiger partial charge is 0.252 e. The van der Waals surface area contributed by atoms with Gasteiger partial charge in [-0.15, -0.1) is 0 Å². The van der Waals surface area contributed by atoms with E-state index in [4.69, 9.17) is 0 Å². The van der Waals surface area contributed by atoms with Crippen molar-refractivity contribution in [3.05, 3.63) is 40.2 Å². The molecule has 16 heavy (non-hydrogen) atoms. The Morgan fingerprint density at radius 1 is 1.50 bits per heavy atom. The van der Waals surface area contributed by atoms with Crippen LogP contribution in [-0.4, -0.2) is 20.2 Å². The minimum absolute atomic E-state index is 0.140. The fourth-order valence-electron chi connectivity index (χ4n) is 1.34. The number of aromatic amines is 2. The van der Waals surface area contributed by atoms with E-state index in [0.29, 0.717) is 24.6 Å². The normalized spacial score (nSPS) is 10.3. The summed E-state index contributed by atoms with van der Waals surface area (Å²) in [5, 5.41) is 9.72. The fraction of sp³-hybridized carbons (Fsp3) is 0.300. The maximum atomic E-state index is 11.3. The molecule has 0 radical (unpaired) electrons. The predicted octanol–water partition coefficient (Wildman–Crippen LogP) is 0.667. The van der Waals surface area contributed by atoms with Gasteiger partial charge in [0.1, 0.15) is 11.6 Å². The highest BCUT2D eigenvalue weighted by Gasteiger charge is 2.00. The Morgan fingerprint density at radius 2 is 2.38 bits per heavy atom. The zero-order valence-electron chi connectivity index (χ0n) is 8.95. The van der Waals surface area contributed by atoms with E-state index in [9.17, 15) is 4.79 Å².